The maximum atomic E-state index is 7.75. The number of hydrogen-bond acceptors (Lipinski definition) is 5. The second kappa shape index (κ2) is 13.8. The molecule has 6 heteroatoms. The number of hydrogen-bond donors (Lipinski definition) is 0. The molecule has 0 unspecified atom stereocenters. The molecule has 0 amide bonds. The molecule has 0 radical (unpaired) electrons. The van der Waals surface area contributed by atoms with Gasteiger partial charge in [0.05, 0.1) is 11.4 Å². The Bertz CT molecular complexity index is 3910. The number of para-hydroxylation sites is 1. The van der Waals surface area contributed by atoms with Gasteiger partial charge in [-0.3, -0.25) is 0 Å². The van der Waals surface area contributed by atoms with Gasteiger partial charge in [0.25, 0.3) is 0 Å². The van der Waals surface area contributed by atoms with Crippen molar-refractivity contribution in [3.8, 4) is 11.1 Å². The molecule has 348 valence electrons. The van der Waals surface area contributed by atoms with Gasteiger partial charge in [-0.2, -0.15) is 0 Å². The third-order valence-corrected chi connectivity index (χ3v) is 18.9. The second-order valence-electron chi connectivity index (χ2n) is 25.0. The Balaban J connectivity index is 1.18. The van der Waals surface area contributed by atoms with Gasteiger partial charge in [-0.15, -0.1) is 11.3 Å². The van der Waals surface area contributed by atoms with E-state index in [4.69, 9.17) is 8.83 Å². The van der Waals surface area contributed by atoms with Gasteiger partial charge in [0.2, 0.25) is 0 Å². The zero-order valence-corrected chi connectivity index (χ0v) is 43.4. The monoisotopic (exact) mass is 932 g/mol. The molecule has 0 fully saturated rings. The van der Waals surface area contributed by atoms with Crippen LogP contribution in [0, 0.1) is 0 Å². The summed E-state index contributed by atoms with van der Waals surface area (Å²) in [5, 5.41) is 6.01. The van der Waals surface area contributed by atoms with Crippen molar-refractivity contribution in [3.05, 3.63) is 149 Å². The summed E-state index contributed by atoms with van der Waals surface area (Å²) in [6.45, 7) is 26.1. The van der Waals surface area contributed by atoms with Crippen LogP contribution in [-0.2, 0) is 27.1 Å². The fourth-order valence-corrected chi connectivity index (χ4v) is 14.5. The molecule has 0 N–H and O–H groups in total. The average molecular weight is 933 g/mol. The summed E-state index contributed by atoms with van der Waals surface area (Å²) >= 11 is 1.89. The third-order valence-electron chi connectivity index (χ3n) is 17.7. The van der Waals surface area contributed by atoms with Crippen LogP contribution in [0.15, 0.2) is 130 Å². The lowest BCUT2D eigenvalue weighted by atomic mass is 9.45. The first-order valence-corrected chi connectivity index (χ1v) is 26.5. The van der Waals surface area contributed by atoms with Crippen LogP contribution in [-0.4, -0.2) is 6.85 Å². The molecule has 2 aliphatic heterocycles. The van der Waals surface area contributed by atoms with Crippen LogP contribution in [0.1, 0.15) is 130 Å². The van der Waals surface area contributed by atoms with Crippen molar-refractivity contribution in [2.45, 2.75) is 129 Å². The first kappa shape index (κ1) is 42.6. The second-order valence-corrected chi connectivity index (χ2v) is 26.1. The molecule has 5 heterocycles. The molecule has 14 rings (SSSR count). The molecule has 0 spiro atoms. The van der Waals surface area contributed by atoms with Crippen LogP contribution in [0.4, 0.5) is 28.4 Å². The maximum Gasteiger partial charge on any atom is 0.376 e. The number of thiophene rings is 1. The lowest BCUT2D eigenvalue weighted by Gasteiger charge is -2.45. The molecule has 0 bridgehead atoms. The van der Waals surface area contributed by atoms with Crippen LogP contribution < -0.4 is 20.8 Å². The minimum Gasteiger partial charge on any atom is -0.466 e. The van der Waals surface area contributed by atoms with Gasteiger partial charge in [-0.05, 0) is 158 Å². The number of furan rings is 2. The number of nitrogens with zero attached hydrogens (tertiary/aromatic N) is 2. The summed E-state index contributed by atoms with van der Waals surface area (Å²) in [6, 6.07) is 46.8. The summed E-state index contributed by atoms with van der Waals surface area (Å²) in [5.41, 5.74) is 20.2. The molecule has 0 saturated carbocycles. The third kappa shape index (κ3) is 5.77. The van der Waals surface area contributed by atoms with E-state index >= 15 is 0 Å². The quantitative estimate of drug-likeness (QED) is 0.162. The van der Waals surface area contributed by atoms with E-state index in [9.17, 15) is 0 Å². The van der Waals surface area contributed by atoms with Crippen molar-refractivity contribution >= 4 is 111 Å². The standard InChI is InChI=1S/C64H61BN2O2S/c1-60(2,3)36-20-22-37(23-21-36)67-50-35-54-42(40-17-13-15-19-53(40)70-54)31-41(50)43-32-44-39-16-12-14-18-51(39)68-58(44)57-55(43)65(67)59-56(45-33-48-49(34-52(45)69-59)64(10,11)29-28-63(48,8)9)66(57)38-24-25-46-47(30-38)62(6,7)27-26-61(46,4)5/h12-25,30-35H,26-29H2,1-11H3. The summed E-state index contributed by atoms with van der Waals surface area (Å²) in [4.78, 5) is 5.22. The van der Waals surface area contributed by atoms with Crippen molar-refractivity contribution in [1.82, 2.24) is 0 Å². The number of anilines is 5. The van der Waals surface area contributed by atoms with Gasteiger partial charge >= 0.3 is 6.85 Å². The van der Waals surface area contributed by atoms with Crippen LogP contribution in [0.3, 0.4) is 0 Å². The van der Waals surface area contributed by atoms with E-state index in [0.29, 0.717) is 0 Å². The highest BCUT2D eigenvalue weighted by molar-refractivity contribution is 7.25. The number of fused-ring (bicyclic) bond motifs is 15. The Morgan fingerprint density at radius 2 is 1.11 bits per heavy atom. The molecule has 2 aliphatic carbocycles. The van der Waals surface area contributed by atoms with Crippen molar-refractivity contribution in [2.75, 3.05) is 9.71 Å². The summed E-state index contributed by atoms with van der Waals surface area (Å²) in [7, 11) is 0. The van der Waals surface area contributed by atoms with E-state index in [2.05, 4.69) is 207 Å². The van der Waals surface area contributed by atoms with Gasteiger partial charge in [-0.25, -0.2) is 0 Å². The Hall–Kier alpha value is -6.24. The highest BCUT2D eigenvalue weighted by atomic mass is 32.1. The highest BCUT2D eigenvalue weighted by Gasteiger charge is 2.51. The minimum absolute atomic E-state index is 0.00142. The van der Waals surface area contributed by atoms with Gasteiger partial charge in [-0.1, -0.05) is 131 Å². The first-order valence-electron chi connectivity index (χ1n) is 25.7. The largest absolute Gasteiger partial charge is 0.466 e. The molecule has 10 aromatic rings. The fraction of sp³-hybridized carbons (Fsp3) is 0.312. The minimum atomic E-state index is -0.313. The molecular formula is C64H61BN2O2S. The van der Waals surface area contributed by atoms with Crippen molar-refractivity contribution in [3.63, 3.8) is 0 Å². The molecule has 4 aliphatic rings. The van der Waals surface area contributed by atoms with Crippen LogP contribution in [0.2, 0.25) is 0 Å². The van der Waals surface area contributed by atoms with E-state index in [-0.39, 0.29) is 33.9 Å². The van der Waals surface area contributed by atoms with E-state index in [1.165, 1.54) is 70.3 Å². The maximum absolute atomic E-state index is 7.75. The van der Waals surface area contributed by atoms with E-state index in [1.54, 1.807) is 0 Å². The fourth-order valence-electron chi connectivity index (χ4n) is 13.3. The molecule has 7 aromatic carbocycles. The SMILES string of the molecule is CC(C)(C)c1ccc(N2B3c4oc5cc6c(cc5c4N(c4ccc5c(c4)C(C)(C)CCC5(C)C)c4c3c(cc3c4oc4ccccc43)-c3cc4c(cc32)sc2ccccc24)C(C)(C)CCC6(C)C)cc1. The predicted molar refractivity (Wildman–Crippen MR) is 299 cm³/mol. The highest BCUT2D eigenvalue weighted by Crippen LogP contribution is 2.57. The first-order chi connectivity index (χ1) is 33.3. The normalized spacial score (nSPS) is 18.4. The lowest BCUT2D eigenvalue weighted by Crippen LogP contribution is -2.61. The van der Waals surface area contributed by atoms with E-state index in [1.807, 2.05) is 11.3 Å². The molecule has 4 nitrogen and oxygen atoms in total. The summed E-state index contributed by atoms with van der Waals surface area (Å²) in [6.07, 6.45) is 4.56. The smallest absolute Gasteiger partial charge is 0.376 e. The molecule has 0 saturated heterocycles. The van der Waals surface area contributed by atoms with Crippen LogP contribution >= 0.6 is 11.3 Å². The van der Waals surface area contributed by atoms with Crippen molar-refractivity contribution in [2.24, 2.45) is 0 Å². The number of rotatable bonds is 2. The van der Waals surface area contributed by atoms with Crippen molar-refractivity contribution in [1.29, 1.82) is 0 Å². The predicted octanol–water partition coefficient (Wildman–Crippen LogP) is 17.4. The Morgan fingerprint density at radius 1 is 0.500 bits per heavy atom. The van der Waals surface area contributed by atoms with Crippen molar-refractivity contribution < 1.29 is 8.83 Å². The van der Waals surface area contributed by atoms with Gasteiger partial charge in [0.15, 0.2) is 5.58 Å². The Labute approximate surface area is 416 Å². The zero-order valence-electron chi connectivity index (χ0n) is 42.6. The van der Waals surface area contributed by atoms with Crippen LogP contribution in [0.5, 0.6) is 0 Å². The lowest BCUT2D eigenvalue weighted by molar-refractivity contribution is 0.332. The Morgan fingerprint density at radius 3 is 1.83 bits per heavy atom. The van der Waals surface area contributed by atoms with E-state index < -0.39 is 0 Å². The molecular weight excluding hydrogens is 872 g/mol. The van der Waals surface area contributed by atoms with Gasteiger partial charge in [0.1, 0.15) is 16.8 Å². The average Bonchev–Trinajstić information content (AvgIpc) is 4.02. The van der Waals surface area contributed by atoms with Gasteiger partial charge < -0.3 is 18.5 Å². The topological polar surface area (TPSA) is 32.8 Å². The summed E-state index contributed by atoms with van der Waals surface area (Å²) in [5.74, 6) is 0. The molecule has 3 aromatic heterocycles. The molecule has 0 atom stereocenters. The summed E-state index contributed by atoms with van der Waals surface area (Å²) < 4.78 is 17.7. The molecule has 70 heavy (non-hydrogen) atoms. The zero-order chi connectivity index (χ0) is 48.2. The number of benzene rings is 7. The van der Waals surface area contributed by atoms with Gasteiger partial charge in [0, 0.05) is 59.0 Å². The Kier molecular flexibility index (Phi) is 8.40. The van der Waals surface area contributed by atoms with Crippen LogP contribution in [0.25, 0.3) is 64.2 Å². The van der Waals surface area contributed by atoms with E-state index in [0.717, 1.165) is 87.0 Å².